The molecule has 1 unspecified atom stereocenters. The first-order valence-electron chi connectivity index (χ1n) is 9.26. The zero-order valence-electron chi connectivity index (χ0n) is 15.2. The van der Waals surface area contributed by atoms with Crippen LogP contribution in [0.1, 0.15) is 51.1 Å². The third-order valence-electron chi connectivity index (χ3n) is 5.66. The van der Waals surface area contributed by atoms with Gasteiger partial charge in [0.15, 0.2) is 0 Å². The van der Waals surface area contributed by atoms with Gasteiger partial charge in [0.2, 0.25) is 5.91 Å². The minimum atomic E-state index is 0.239. The molecule has 1 aromatic carbocycles. The molecule has 2 fully saturated rings. The third kappa shape index (κ3) is 3.75. The number of amides is 1. The number of carbonyl (C=O) groups is 1. The lowest BCUT2D eigenvalue weighted by molar-refractivity contribution is -0.140. The van der Waals surface area contributed by atoms with Gasteiger partial charge in [0.25, 0.3) is 0 Å². The standard InChI is InChI=1S/C20H30N2O2/c1-15(2)21-10-7-16(8-11-21)13-20(23)22-12-9-19(22)17-5-4-6-18(14-17)24-3/h4-6,14-16,19H,7-13H2,1-3H3. The minimum Gasteiger partial charge on any atom is -0.497 e. The number of piperidine rings is 1. The van der Waals surface area contributed by atoms with Crippen LogP contribution in [-0.2, 0) is 4.79 Å². The minimum absolute atomic E-state index is 0.239. The van der Waals surface area contributed by atoms with Gasteiger partial charge in [0.1, 0.15) is 5.75 Å². The number of benzene rings is 1. The average molecular weight is 330 g/mol. The highest BCUT2D eigenvalue weighted by Crippen LogP contribution is 2.36. The van der Waals surface area contributed by atoms with Crippen LogP contribution in [0.5, 0.6) is 5.75 Å². The van der Waals surface area contributed by atoms with Crippen LogP contribution in [-0.4, -0.2) is 48.5 Å². The molecule has 2 aliphatic rings. The molecule has 24 heavy (non-hydrogen) atoms. The Morgan fingerprint density at radius 1 is 1.21 bits per heavy atom. The van der Waals surface area contributed by atoms with E-state index in [0.29, 0.717) is 24.3 Å². The van der Waals surface area contributed by atoms with Crippen molar-refractivity contribution in [3.05, 3.63) is 29.8 Å². The van der Waals surface area contributed by atoms with Crippen LogP contribution in [0.25, 0.3) is 0 Å². The Balaban J connectivity index is 1.54. The van der Waals surface area contributed by atoms with Gasteiger partial charge in [-0.2, -0.15) is 0 Å². The molecule has 1 amide bonds. The molecule has 4 heteroatoms. The van der Waals surface area contributed by atoms with Crippen LogP contribution in [0, 0.1) is 5.92 Å². The van der Waals surface area contributed by atoms with Crippen molar-refractivity contribution in [3.63, 3.8) is 0 Å². The van der Waals surface area contributed by atoms with Crippen LogP contribution in [0.2, 0.25) is 0 Å². The topological polar surface area (TPSA) is 32.8 Å². The first-order chi connectivity index (χ1) is 11.6. The molecule has 2 aliphatic heterocycles. The van der Waals surface area contributed by atoms with E-state index in [2.05, 4.69) is 35.8 Å². The van der Waals surface area contributed by atoms with Crippen LogP contribution in [0.3, 0.4) is 0 Å². The first kappa shape index (κ1) is 17.3. The summed E-state index contributed by atoms with van der Waals surface area (Å²) < 4.78 is 5.31. The maximum absolute atomic E-state index is 12.7. The Hall–Kier alpha value is -1.55. The van der Waals surface area contributed by atoms with Crippen molar-refractivity contribution < 1.29 is 9.53 Å². The van der Waals surface area contributed by atoms with E-state index >= 15 is 0 Å². The summed E-state index contributed by atoms with van der Waals surface area (Å²) in [5, 5.41) is 0. The second-order valence-electron chi connectivity index (χ2n) is 7.45. The molecule has 0 radical (unpaired) electrons. The van der Waals surface area contributed by atoms with Crippen molar-refractivity contribution in [2.45, 2.75) is 51.6 Å². The predicted molar refractivity (Wildman–Crippen MR) is 96.1 cm³/mol. The lowest BCUT2D eigenvalue weighted by atomic mass is 9.89. The summed E-state index contributed by atoms with van der Waals surface area (Å²) in [6, 6.07) is 8.99. The quantitative estimate of drug-likeness (QED) is 0.828. The highest BCUT2D eigenvalue weighted by Gasteiger charge is 2.34. The van der Waals surface area contributed by atoms with Crippen LogP contribution in [0.15, 0.2) is 24.3 Å². The molecule has 3 rings (SSSR count). The van der Waals surface area contributed by atoms with Crippen LogP contribution >= 0.6 is 0 Å². The molecule has 0 N–H and O–H groups in total. The van der Waals surface area contributed by atoms with Crippen LogP contribution in [0.4, 0.5) is 0 Å². The zero-order valence-corrected chi connectivity index (χ0v) is 15.2. The van der Waals surface area contributed by atoms with E-state index < -0.39 is 0 Å². The van der Waals surface area contributed by atoms with E-state index in [-0.39, 0.29) is 6.04 Å². The second-order valence-corrected chi connectivity index (χ2v) is 7.45. The molecule has 0 aliphatic carbocycles. The van der Waals surface area contributed by atoms with Gasteiger partial charge in [-0.25, -0.2) is 0 Å². The van der Waals surface area contributed by atoms with Crippen molar-refractivity contribution in [1.29, 1.82) is 0 Å². The molecule has 1 atom stereocenters. The Morgan fingerprint density at radius 3 is 2.54 bits per heavy atom. The number of nitrogens with zero attached hydrogens (tertiary/aromatic N) is 2. The monoisotopic (exact) mass is 330 g/mol. The maximum Gasteiger partial charge on any atom is 0.223 e. The fraction of sp³-hybridized carbons (Fsp3) is 0.650. The summed E-state index contributed by atoms with van der Waals surface area (Å²) in [4.78, 5) is 17.3. The Morgan fingerprint density at radius 2 is 1.96 bits per heavy atom. The van der Waals surface area contributed by atoms with Gasteiger partial charge in [-0.05, 0) is 69.8 Å². The van der Waals surface area contributed by atoms with Gasteiger partial charge < -0.3 is 14.5 Å². The van der Waals surface area contributed by atoms with Gasteiger partial charge in [0, 0.05) is 19.0 Å². The fourth-order valence-corrected chi connectivity index (χ4v) is 3.92. The molecular formula is C20H30N2O2. The summed E-state index contributed by atoms with van der Waals surface area (Å²) in [6.07, 6.45) is 4.08. The lowest BCUT2D eigenvalue weighted by Gasteiger charge is -2.43. The van der Waals surface area contributed by atoms with Gasteiger partial charge in [-0.1, -0.05) is 12.1 Å². The molecule has 0 aromatic heterocycles. The Labute approximate surface area is 145 Å². The smallest absolute Gasteiger partial charge is 0.223 e. The average Bonchev–Trinajstić information content (AvgIpc) is 2.54. The molecule has 0 saturated carbocycles. The first-order valence-corrected chi connectivity index (χ1v) is 9.26. The molecule has 2 saturated heterocycles. The molecule has 132 valence electrons. The predicted octanol–water partition coefficient (Wildman–Crippen LogP) is 3.48. The second kappa shape index (κ2) is 7.56. The van der Waals surface area contributed by atoms with Crippen LogP contribution < -0.4 is 4.74 Å². The summed E-state index contributed by atoms with van der Waals surface area (Å²) in [7, 11) is 1.69. The van der Waals surface area contributed by atoms with Crippen molar-refractivity contribution >= 4 is 5.91 Å². The number of methoxy groups -OCH3 is 1. The Kier molecular flexibility index (Phi) is 5.44. The Bertz CT molecular complexity index is 565. The molecule has 4 nitrogen and oxygen atoms in total. The van der Waals surface area contributed by atoms with Gasteiger partial charge >= 0.3 is 0 Å². The van der Waals surface area contributed by atoms with E-state index in [1.165, 1.54) is 5.56 Å². The molecule has 1 aromatic rings. The summed E-state index contributed by atoms with van der Waals surface area (Å²) in [5.41, 5.74) is 1.20. The zero-order chi connectivity index (χ0) is 17.1. The largest absolute Gasteiger partial charge is 0.497 e. The number of ether oxygens (including phenoxy) is 1. The van der Waals surface area contributed by atoms with E-state index in [4.69, 9.17) is 4.74 Å². The lowest BCUT2D eigenvalue weighted by Crippen LogP contribution is -2.46. The third-order valence-corrected chi connectivity index (χ3v) is 5.66. The fourth-order valence-electron chi connectivity index (χ4n) is 3.92. The van der Waals surface area contributed by atoms with Crippen molar-refractivity contribution in [2.24, 2.45) is 5.92 Å². The number of carbonyl (C=O) groups excluding carboxylic acids is 1. The normalized spacial score (nSPS) is 22.5. The molecule has 0 bridgehead atoms. The van der Waals surface area contributed by atoms with Gasteiger partial charge in [-0.3, -0.25) is 4.79 Å². The number of hydrogen-bond donors (Lipinski definition) is 0. The van der Waals surface area contributed by atoms with Crippen molar-refractivity contribution in [3.8, 4) is 5.75 Å². The van der Waals surface area contributed by atoms with Gasteiger partial charge in [0.05, 0.1) is 13.2 Å². The van der Waals surface area contributed by atoms with Crippen molar-refractivity contribution in [1.82, 2.24) is 9.80 Å². The number of rotatable bonds is 5. The van der Waals surface area contributed by atoms with E-state index in [1.807, 2.05) is 12.1 Å². The number of hydrogen-bond acceptors (Lipinski definition) is 3. The highest BCUT2D eigenvalue weighted by molar-refractivity contribution is 5.78. The maximum atomic E-state index is 12.7. The summed E-state index contributed by atoms with van der Waals surface area (Å²) in [5.74, 6) is 1.75. The molecule has 0 spiro atoms. The molecular weight excluding hydrogens is 300 g/mol. The van der Waals surface area contributed by atoms with E-state index in [0.717, 1.165) is 44.6 Å². The van der Waals surface area contributed by atoms with Crippen molar-refractivity contribution in [2.75, 3.05) is 26.7 Å². The van der Waals surface area contributed by atoms with Gasteiger partial charge in [-0.15, -0.1) is 0 Å². The highest BCUT2D eigenvalue weighted by atomic mass is 16.5. The summed E-state index contributed by atoms with van der Waals surface area (Å²) in [6.45, 7) is 7.67. The van der Waals surface area contributed by atoms with E-state index in [1.54, 1.807) is 7.11 Å². The summed E-state index contributed by atoms with van der Waals surface area (Å²) >= 11 is 0. The van der Waals surface area contributed by atoms with E-state index in [9.17, 15) is 4.79 Å². The molecule has 2 heterocycles. The SMILES string of the molecule is COc1cccc(C2CCN2C(=O)CC2CCN(C(C)C)CC2)c1. The number of likely N-dealkylation sites (tertiary alicyclic amines) is 2.